The van der Waals surface area contributed by atoms with Crippen LogP contribution in [0, 0.1) is 5.92 Å². The normalized spacial score (nSPS) is 20.1. The van der Waals surface area contributed by atoms with Crippen LogP contribution in [0.2, 0.25) is 0 Å². The summed E-state index contributed by atoms with van der Waals surface area (Å²) >= 11 is 0. The molecule has 0 atom stereocenters. The Morgan fingerprint density at radius 3 is 2.73 bits per heavy atom. The van der Waals surface area contributed by atoms with Crippen LogP contribution in [0.15, 0.2) is 12.2 Å². The minimum atomic E-state index is 0.909. The van der Waals surface area contributed by atoms with Gasteiger partial charge in [-0.3, -0.25) is 0 Å². The van der Waals surface area contributed by atoms with Crippen molar-refractivity contribution >= 4 is 0 Å². The number of allylic oxidation sites excluding steroid dienone is 1. The van der Waals surface area contributed by atoms with Crippen molar-refractivity contribution in [3.63, 3.8) is 0 Å². The second-order valence-corrected chi connectivity index (χ2v) is 3.36. The number of rotatable bonds is 4. The number of hydrogen-bond donors (Lipinski definition) is 1. The fraction of sp³-hybridized carbons (Fsp3) is 0.800. The summed E-state index contributed by atoms with van der Waals surface area (Å²) in [6, 6.07) is 0. The molecule has 0 aromatic heterocycles. The van der Waals surface area contributed by atoms with Gasteiger partial charge in [0.15, 0.2) is 0 Å². The van der Waals surface area contributed by atoms with E-state index in [4.69, 9.17) is 0 Å². The van der Waals surface area contributed by atoms with Crippen molar-refractivity contribution in [2.75, 3.05) is 13.6 Å². The van der Waals surface area contributed by atoms with Crippen LogP contribution in [-0.4, -0.2) is 13.6 Å². The van der Waals surface area contributed by atoms with Crippen LogP contribution in [0.1, 0.15) is 32.1 Å². The number of nitrogens with one attached hydrogen (secondary N) is 1. The maximum atomic E-state index is 3.14. The standard InChI is InChI=1S/C10H19N/c1-11-9-5-4-8-10-6-2-3-7-10/h4,8,10-11H,2-3,5-7,9H2,1H3. The Morgan fingerprint density at radius 1 is 1.36 bits per heavy atom. The van der Waals surface area contributed by atoms with Crippen LogP contribution >= 0.6 is 0 Å². The van der Waals surface area contributed by atoms with Crippen LogP contribution in [0.25, 0.3) is 0 Å². The van der Waals surface area contributed by atoms with Crippen LogP contribution in [-0.2, 0) is 0 Å². The zero-order valence-corrected chi connectivity index (χ0v) is 7.47. The first-order valence-corrected chi connectivity index (χ1v) is 4.74. The molecule has 1 nitrogen and oxygen atoms in total. The molecular weight excluding hydrogens is 134 g/mol. The average Bonchev–Trinajstić information content (AvgIpc) is 2.50. The molecule has 1 heteroatoms. The molecule has 0 saturated heterocycles. The van der Waals surface area contributed by atoms with Gasteiger partial charge in [0.1, 0.15) is 0 Å². The Kier molecular flexibility index (Phi) is 4.29. The molecule has 1 aliphatic rings. The summed E-state index contributed by atoms with van der Waals surface area (Å²) < 4.78 is 0. The van der Waals surface area contributed by atoms with Gasteiger partial charge in [-0.25, -0.2) is 0 Å². The summed E-state index contributed by atoms with van der Waals surface area (Å²) in [5.74, 6) is 0.909. The largest absolute Gasteiger partial charge is 0.319 e. The Balaban J connectivity index is 2.03. The highest BCUT2D eigenvalue weighted by atomic mass is 14.8. The van der Waals surface area contributed by atoms with Crippen molar-refractivity contribution in [2.45, 2.75) is 32.1 Å². The van der Waals surface area contributed by atoms with Crippen molar-refractivity contribution in [1.82, 2.24) is 5.32 Å². The fourth-order valence-corrected chi connectivity index (χ4v) is 1.67. The van der Waals surface area contributed by atoms with Crippen molar-refractivity contribution in [2.24, 2.45) is 5.92 Å². The van der Waals surface area contributed by atoms with Gasteiger partial charge in [-0.05, 0) is 38.8 Å². The maximum Gasteiger partial charge on any atom is -0.00173 e. The first-order valence-electron chi connectivity index (χ1n) is 4.74. The molecule has 1 aliphatic carbocycles. The second kappa shape index (κ2) is 5.36. The minimum Gasteiger partial charge on any atom is -0.319 e. The molecular formula is C10H19N. The zero-order chi connectivity index (χ0) is 7.94. The third kappa shape index (κ3) is 3.57. The van der Waals surface area contributed by atoms with Crippen molar-refractivity contribution in [3.8, 4) is 0 Å². The van der Waals surface area contributed by atoms with Gasteiger partial charge in [-0.15, -0.1) is 0 Å². The highest BCUT2D eigenvalue weighted by molar-refractivity contribution is 4.90. The highest BCUT2D eigenvalue weighted by Crippen LogP contribution is 2.25. The molecule has 1 N–H and O–H groups in total. The molecule has 11 heavy (non-hydrogen) atoms. The monoisotopic (exact) mass is 153 g/mol. The van der Waals surface area contributed by atoms with Gasteiger partial charge in [0.25, 0.3) is 0 Å². The summed E-state index contributed by atoms with van der Waals surface area (Å²) in [5.41, 5.74) is 0. The smallest absolute Gasteiger partial charge is 0.00173 e. The highest BCUT2D eigenvalue weighted by Gasteiger charge is 2.10. The average molecular weight is 153 g/mol. The summed E-state index contributed by atoms with van der Waals surface area (Å²) in [4.78, 5) is 0. The lowest BCUT2D eigenvalue weighted by Crippen LogP contribution is -2.05. The summed E-state index contributed by atoms with van der Waals surface area (Å²) in [5, 5.41) is 3.14. The lowest BCUT2D eigenvalue weighted by molar-refractivity contribution is 0.680. The van der Waals surface area contributed by atoms with Crippen molar-refractivity contribution in [1.29, 1.82) is 0 Å². The maximum absolute atomic E-state index is 3.14. The molecule has 0 heterocycles. The predicted octanol–water partition coefficient (Wildman–Crippen LogP) is 2.34. The minimum absolute atomic E-state index is 0.909. The first kappa shape index (κ1) is 8.79. The van der Waals surface area contributed by atoms with E-state index in [9.17, 15) is 0 Å². The molecule has 1 fully saturated rings. The SMILES string of the molecule is CNCCC=CC1CCCC1. The Bertz CT molecular complexity index is 112. The zero-order valence-electron chi connectivity index (χ0n) is 7.47. The third-order valence-electron chi connectivity index (χ3n) is 2.37. The van der Waals surface area contributed by atoms with E-state index in [0.29, 0.717) is 0 Å². The fourth-order valence-electron chi connectivity index (χ4n) is 1.67. The molecule has 0 unspecified atom stereocenters. The van der Waals surface area contributed by atoms with Crippen molar-refractivity contribution in [3.05, 3.63) is 12.2 Å². The van der Waals surface area contributed by atoms with Crippen LogP contribution in [0.3, 0.4) is 0 Å². The van der Waals surface area contributed by atoms with E-state index in [1.165, 1.54) is 32.1 Å². The molecule has 64 valence electrons. The first-order chi connectivity index (χ1) is 5.43. The quantitative estimate of drug-likeness (QED) is 0.483. The van der Waals surface area contributed by atoms with E-state index in [1.54, 1.807) is 0 Å². The second-order valence-electron chi connectivity index (χ2n) is 3.36. The van der Waals surface area contributed by atoms with Gasteiger partial charge in [0.05, 0.1) is 0 Å². The summed E-state index contributed by atoms with van der Waals surface area (Å²) in [6.07, 6.45) is 11.7. The van der Waals surface area contributed by atoms with Crippen molar-refractivity contribution < 1.29 is 0 Å². The van der Waals surface area contributed by atoms with Gasteiger partial charge in [-0.2, -0.15) is 0 Å². The van der Waals surface area contributed by atoms with Gasteiger partial charge < -0.3 is 5.32 Å². The molecule has 0 aliphatic heterocycles. The van der Waals surface area contributed by atoms with Crippen LogP contribution in [0.4, 0.5) is 0 Å². The molecule has 1 saturated carbocycles. The van der Waals surface area contributed by atoms with Gasteiger partial charge in [0.2, 0.25) is 0 Å². The van der Waals surface area contributed by atoms with Crippen LogP contribution < -0.4 is 5.32 Å². The Hall–Kier alpha value is -0.300. The molecule has 0 amide bonds. The van der Waals surface area contributed by atoms with E-state index in [-0.39, 0.29) is 0 Å². The molecule has 1 rings (SSSR count). The van der Waals surface area contributed by atoms with Gasteiger partial charge in [0, 0.05) is 0 Å². The van der Waals surface area contributed by atoms with Gasteiger partial charge in [-0.1, -0.05) is 25.0 Å². The molecule has 0 spiro atoms. The summed E-state index contributed by atoms with van der Waals surface area (Å²) in [6.45, 7) is 1.11. The Labute approximate surface area is 69.9 Å². The van der Waals surface area contributed by atoms with Gasteiger partial charge >= 0.3 is 0 Å². The molecule has 0 bridgehead atoms. The summed E-state index contributed by atoms with van der Waals surface area (Å²) in [7, 11) is 2.00. The van der Waals surface area contributed by atoms with E-state index in [1.807, 2.05) is 7.05 Å². The molecule has 0 aromatic carbocycles. The third-order valence-corrected chi connectivity index (χ3v) is 2.37. The van der Waals surface area contributed by atoms with E-state index in [0.717, 1.165) is 12.5 Å². The topological polar surface area (TPSA) is 12.0 Å². The lowest BCUT2D eigenvalue weighted by atomic mass is 10.1. The van der Waals surface area contributed by atoms with Crippen LogP contribution in [0.5, 0.6) is 0 Å². The Morgan fingerprint density at radius 2 is 2.09 bits per heavy atom. The van der Waals surface area contributed by atoms with E-state index < -0.39 is 0 Å². The van der Waals surface area contributed by atoms with E-state index in [2.05, 4.69) is 17.5 Å². The van der Waals surface area contributed by atoms with E-state index >= 15 is 0 Å². The molecule has 0 aromatic rings. The molecule has 0 radical (unpaired) electrons. The predicted molar refractivity (Wildman–Crippen MR) is 49.6 cm³/mol. The number of hydrogen-bond acceptors (Lipinski definition) is 1. The lowest BCUT2D eigenvalue weighted by Gasteiger charge is -1.99.